The van der Waals surface area contributed by atoms with Crippen molar-refractivity contribution in [3.63, 3.8) is 0 Å². The normalized spacial score (nSPS) is 16.0. The number of rotatable bonds is 5. The molecule has 1 atom stereocenters. The number of nitriles is 1. The van der Waals surface area contributed by atoms with Crippen LogP contribution in [-0.2, 0) is 10.0 Å². The molecule has 168 valence electrons. The van der Waals surface area contributed by atoms with Crippen molar-refractivity contribution in [1.29, 1.82) is 5.26 Å². The fraction of sp³-hybridized carbons (Fsp3) is 0.333. The first kappa shape index (κ1) is 22.6. The van der Waals surface area contributed by atoms with Crippen LogP contribution in [-0.4, -0.2) is 30.2 Å². The number of benzene rings is 1. The van der Waals surface area contributed by atoms with Crippen LogP contribution >= 0.6 is 11.6 Å². The largest absolute Gasteiger partial charge is 0.404 e. The van der Waals surface area contributed by atoms with Crippen LogP contribution in [0.2, 0.25) is 5.02 Å². The van der Waals surface area contributed by atoms with Gasteiger partial charge in [-0.05, 0) is 56.5 Å². The zero-order valence-corrected chi connectivity index (χ0v) is 18.4. The highest BCUT2D eigenvalue weighted by atomic mass is 35.5. The smallest absolute Gasteiger partial charge is 0.335 e. The first-order valence-corrected chi connectivity index (χ1v) is 11.7. The van der Waals surface area contributed by atoms with Crippen LogP contribution in [0.3, 0.4) is 0 Å². The van der Waals surface area contributed by atoms with Gasteiger partial charge in [-0.25, -0.2) is 8.42 Å². The first-order valence-electron chi connectivity index (χ1n) is 9.82. The van der Waals surface area contributed by atoms with Gasteiger partial charge in [0.15, 0.2) is 0 Å². The Hall–Kier alpha value is -2.61. The van der Waals surface area contributed by atoms with E-state index in [-0.39, 0.29) is 6.04 Å². The second kappa shape index (κ2) is 8.06. The Bertz CT molecular complexity index is 1320. The fourth-order valence-corrected chi connectivity index (χ4v) is 5.07. The molecule has 1 saturated carbocycles. The van der Waals surface area contributed by atoms with Crippen molar-refractivity contribution in [2.24, 2.45) is 0 Å². The number of nitrogens with zero attached hydrogens (tertiary/aromatic N) is 3. The second-order valence-electron chi connectivity index (χ2n) is 7.72. The Labute approximate surface area is 187 Å². The summed E-state index contributed by atoms with van der Waals surface area (Å²) in [6, 6.07) is 7.98. The van der Waals surface area contributed by atoms with E-state index in [9.17, 15) is 26.9 Å². The third kappa shape index (κ3) is 3.96. The van der Waals surface area contributed by atoms with Crippen molar-refractivity contribution in [2.75, 3.05) is 0 Å². The summed E-state index contributed by atoms with van der Waals surface area (Å²) >= 11 is 6.14. The Morgan fingerprint density at radius 2 is 2.00 bits per heavy atom. The number of halogens is 4. The van der Waals surface area contributed by atoms with Crippen LogP contribution in [0, 0.1) is 11.3 Å². The molecule has 11 heteroatoms. The van der Waals surface area contributed by atoms with Gasteiger partial charge in [-0.15, -0.1) is 0 Å². The van der Waals surface area contributed by atoms with Gasteiger partial charge in [-0.2, -0.15) is 23.2 Å². The van der Waals surface area contributed by atoms with E-state index in [1.165, 1.54) is 12.1 Å². The SMILES string of the molecule is C[C@H](NS(=O)(=O)c1ccc(-c2c(C#N)c3cc(Cl)ccc3n2C2CCC2)nc1)C(F)(F)F. The number of hydrogen-bond acceptors (Lipinski definition) is 4. The third-order valence-electron chi connectivity index (χ3n) is 5.63. The molecule has 2 aromatic heterocycles. The highest BCUT2D eigenvalue weighted by Crippen LogP contribution is 2.42. The van der Waals surface area contributed by atoms with E-state index >= 15 is 0 Å². The van der Waals surface area contributed by atoms with Crippen molar-refractivity contribution in [2.45, 2.75) is 49.3 Å². The Morgan fingerprint density at radius 1 is 1.28 bits per heavy atom. The van der Waals surface area contributed by atoms with Gasteiger partial charge in [0.2, 0.25) is 10.0 Å². The van der Waals surface area contributed by atoms with E-state index in [1.54, 1.807) is 16.9 Å². The summed E-state index contributed by atoms with van der Waals surface area (Å²) in [6.45, 7) is 0.723. The number of pyridine rings is 1. The van der Waals surface area contributed by atoms with Gasteiger partial charge < -0.3 is 4.57 Å². The lowest BCUT2D eigenvalue weighted by molar-refractivity contribution is -0.147. The highest BCUT2D eigenvalue weighted by molar-refractivity contribution is 7.89. The molecule has 32 heavy (non-hydrogen) atoms. The van der Waals surface area contributed by atoms with Crippen molar-refractivity contribution in [1.82, 2.24) is 14.3 Å². The van der Waals surface area contributed by atoms with Crippen LogP contribution in [0.4, 0.5) is 13.2 Å². The number of sulfonamides is 1. The molecule has 0 unspecified atom stereocenters. The highest BCUT2D eigenvalue weighted by Gasteiger charge is 2.39. The van der Waals surface area contributed by atoms with Crippen LogP contribution in [0.15, 0.2) is 41.4 Å². The number of aromatic nitrogens is 2. The average molecular weight is 483 g/mol. The summed E-state index contributed by atoms with van der Waals surface area (Å²) in [6.07, 6.45) is -0.816. The summed E-state index contributed by atoms with van der Waals surface area (Å²) in [5.41, 5.74) is 2.07. The van der Waals surface area contributed by atoms with Gasteiger partial charge in [0.1, 0.15) is 17.0 Å². The molecule has 2 heterocycles. The minimum Gasteiger partial charge on any atom is -0.335 e. The summed E-state index contributed by atoms with van der Waals surface area (Å²) in [5.74, 6) is 0. The Kier molecular flexibility index (Phi) is 5.69. The molecule has 6 nitrogen and oxygen atoms in total. The fourth-order valence-electron chi connectivity index (χ4n) is 3.72. The Balaban J connectivity index is 1.80. The summed E-state index contributed by atoms with van der Waals surface area (Å²) in [5, 5.41) is 11.0. The van der Waals surface area contributed by atoms with Crippen molar-refractivity contribution in [3.05, 3.63) is 47.1 Å². The molecule has 0 bridgehead atoms. The van der Waals surface area contributed by atoms with E-state index in [0.29, 0.717) is 27.4 Å². The Morgan fingerprint density at radius 3 is 2.53 bits per heavy atom. The molecular weight excluding hydrogens is 465 g/mol. The van der Waals surface area contributed by atoms with E-state index < -0.39 is 27.1 Å². The predicted octanol–water partition coefficient (Wildman–Crippen LogP) is 5.18. The second-order valence-corrected chi connectivity index (χ2v) is 9.87. The van der Waals surface area contributed by atoms with E-state index in [1.807, 2.05) is 10.6 Å². The molecule has 1 N–H and O–H groups in total. The standard InChI is InChI=1S/C21H18ClF3N4O2S/c1-12(21(23,24)25)28-32(30,31)15-6-7-18(27-11-15)20-17(10-26)16-9-13(22)5-8-19(16)29(20)14-3-2-4-14/h5-9,11-12,14,28H,2-4H2,1H3/t12-/m0/s1. The van der Waals surface area contributed by atoms with Gasteiger partial charge in [0.25, 0.3) is 0 Å². The first-order chi connectivity index (χ1) is 15.0. The van der Waals surface area contributed by atoms with Crippen molar-refractivity contribution in [3.8, 4) is 17.5 Å². The van der Waals surface area contributed by atoms with Gasteiger partial charge >= 0.3 is 6.18 Å². The van der Waals surface area contributed by atoms with Gasteiger partial charge in [-0.3, -0.25) is 4.98 Å². The maximum atomic E-state index is 12.8. The summed E-state index contributed by atoms with van der Waals surface area (Å²) in [4.78, 5) is 3.81. The topological polar surface area (TPSA) is 87.8 Å². The van der Waals surface area contributed by atoms with Crippen LogP contribution in [0.25, 0.3) is 22.3 Å². The molecule has 0 amide bonds. The van der Waals surface area contributed by atoms with Crippen LogP contribution in [0.1, 0.15) is 37.8 Å². The molecule has 0 spiro atoms. The zero-order valence-electron chi connectivity index (χ0n) is 16.8. The van der Waals surface area contributed by atoms with Crippen LogP contribution < -0.4 is 4.72 Å². The maximum absolute atomic E-state index is 12.8. The van der Waals surface area contributed by atoms with Gasteiger partial charge in [0, 0.05) is 22.6 Å². The molecule has 0 saturated heterocycles. The minimum atomic E-state index is -4.72. The number of fused-ring (bicyclic) bond motifs is 1. The van der Waals surface area contributed by atoms with Crippen LogP contribution in [0.5, 0.6) is 0 Å². The minimum absolute atomic E-state index is 0.162. The number of nitrogens with one attached hydrogen (secondary N) is 1. The van der Waals surface area contributed by atoms with Crippen molar-refractivity contribution < 1.29 is 21.6 Å². The quantitative estimate of drug-likeness (QED) is 0.542. The van der Waals surface area contributed by atoms with Gasteiger partial charge in [0.05, 0.1) is 22.5 Å². The number of hydrogen-bond donors (Lipinski definition) is 1. The molecule has 0 aliphatic heterocycles. The predicted molar refractivity (Wildman–Crippen MR) is 114 cm³/mol. The molecule has 1 aliphatic carbocycles. The molecule has 1 fully saturated rings. The maximum Gasteiger partial charge on any atom is 0.404 e. The third-order valence-corrected chi connectivity index (χ3v) is 7.39. The lowest BCUT2D eigenvalue weighted by Gasteiger charge is -2.30. The van der Waals surface area contributed by atoms with Gasteiger partial charge in [-0.1, -0.05) is 11.6 Å². The molecular formula is C21H18ClF3N4O2S. The monoisotopic (exact) mass is 482 g/mol. The molecule has 4 rings (SSSR count). The molecule has 0 radical (unpaired) electrons. The van der Waals surface area contributed by atoms with E-state index in [2.05, 4.69) is 11.1 Å². The van der Waals surface area contributed by atoms with E-state index in [4.69, 9.17) is 11.6 Å². The zero-order chi connectivity index (χ0) is 23.3. The average Bonchev–Trinajstić information content (AvgIpc) is 2.99. The molecule has 1 aromatic carbocycles. The summed E-state index contributed by atoms with van der Waals surface area (Å²) < 4.78 is 66.6. The van der Waals surface area contributed by atoms with E-state index in [0.717, 1.165) is 37.9 Å². The number of alkyl halides is 3. The molecule has 1 aliphatic rings. The summed E-state index contributed by atoms with van der Waals surface area (Å²) in [7, 11) is -4.43. The molecule has 3 aromatic rings. The van der Waals surface area contributed by atoms with Crippen molar-refractivity contribution >= 4 is 32.5 Å². The lowest BCUT2D eigenvalue weighted by Crippen LogP contribution is -2.42. The lowest BCUT2D eigenvalue weighted by atomic mass is 9.92.